The van der Waals surface area contributed by atoms with E-state index < -0.39 is 0 Å². The van der Waals surface area contributed by atoms with Crippen LogP contribution >= 0.6 is 0 Å². The Morgan fingerprint density at radius 3 is 2.55 bits per heavy atom. The molecule has 0 unspecified atom stereocenters. The van der Waals surface area contributed by atoms with Crippen molar-refractivity contribution in [3.63, 3.8) is 0 Å². The second-order valence-electron chi connectivity index (χ2n) is 13.9. The summed E-state index contributed by atoms with van der Waals surface area (Å²) in [6, 6.07) is 14.7. The highest BCUT2D eigenvalue weighted by molar-refractivity contribution is 5.64. The summed E-state index contributed by atoms with van der Waals surface area (Å²) in [7, 11) is 3.76. The Hall–Kier alpha value is -2.28. The largest absolute Gasteiger partial charge is 0.493 e. The number of nitrogens with one attached hydrogen (secondary N) is 1. The zero-order chi connectivity index (χ0) is 26.7. The number of fused-ring (bicyclic) bond motifs is 2. The van der Waals surface area contributed by atoms with Crippen molar-refractivity contribution in [3.05, 3.63) is 53.1 Å². The summed E-state index contributed by atoms with van der Waals surface area (Å²) in [5.74, 6) is 3.17. The Morgan fingerprint density at radius 2 is 1.80 bits per heavy atom. The highest BCUT2D eigenvalue weighted by Gasteiger charge is 2.80. The number of piperidine rings is 1. The SMILES string of the molecule is COc1ccc2c3c1O[C@H]1[C@@]4(OC)CC[C@@]5(C[C@@H]4c4ccc(N6CCNCC6)cc4)[C@@H](C2)N(CC2CC2)CC[C@]315. The summed E-state index contributed by atoms with van der Waals surface area (Å²) in [6.07, 6.45) is 8.67. The molecule has 2 aromatic carbocycles. The molecule has 6 atom stereocenters. The summed E-state index contributed by atoms with van der Waals surface area (Å²) < 4.78 is 20.0. The monoisotopic (exact) mass is 541 g/mol. The molecule has 0 amide bonds. The number of hydrogen-bond donors (Lipinski definition) is 1. The van der Waals surface area contributed by atoms with Crippen LogP contribution < -0.4 is 19.7 Å². The van der Waals surface area contributed by atoms with Gasteiger partial charge in [-0.15, -0.1) is 0 Å². The van der Waals surface area contributed by atoms with E-state index in [1.807, 2.05) is 7.11 Å². The van der Waals surface area contributed by atoms with Gasteiger partial charge in [-0.3, -0.25) is 4.90 Å². The number of anilines is 1. The van der Waals surface area contributed by atoms with Gasteiger partial charge in [-0.1, -0.05) is 18.2 Å². The first-order valence-corrected chi connectivity index (χ1v) is 15.9. The molecule has 6 fully saturated rings. The molecule has 4 bridgehead atoms. The summed E-state index contributed by atoms with van der Waals surface area (Å²) in [4.78, 5) is 5.44. The van der Waals surface area contributed by atoms with Gasteiger partial charge in [0.2, 0.25) is 0 Å². The molecule has 0 radical (unpaired) electrons. The van der Waals surface area contributed by atoms with Gasteiger partial charge in [-0.2, -0.15) is 0 Å². The molecule has 6 nitrogen and oxygen atoms in total. The van der Waals surface area contributed by atoms with E-state index in [1.165, 1.54) is 67.6 Å². The molecule has 4 saturated carbocycles. The average molecular weight is 542 g/mol. The predicted molar refractivity (Wildman–Crippen MR) is 156 cm³/mol. The summed E-state index contributed by atoms with van der Waals surface area (Å²) in [5.41, 5.74) is 5.66. The number of benzene rings is 2. The molecule has 40 heavy (non-hydrogen) atoms. The van der Waals surface area contributed by atoms with Crippen molar-refractivity contribution in [3.8, 4) is 11.5 Å². The highest BCUT2D eigenvalue weighted by Crippen LogP contribution is 2.78. The van der Waals surface area contributed by atoms with Crippen LogP contribution in [0.2, 0.25) is 0 Å². The molecule has 3 aliphatic heterocycles. The standard InChI is InChI=1S/C34H43N3O3/c1-38-27-10-7-24-19-28-32-11-12-34(39-2,26(20-32)23-5-8-25(9-6-23)36-17-14-35-15-18-36)31-33(32,29(24)30(27)40-31)13-16-37(28)21-22-3-4-22/h5-10,22,26,28,31,35H,3-4,11-21H2,1-2H3/t26-,28-,31-,32-,33+,34-/m1/s1. The number of likely N-dealkylation sites (tertiary alicyclic amines) is 1. The van der Waals surface area contributed by atoms with Crippen LogP contribution in [0.15, 0.2) is 36.4 Å². The fourth-order valence-corrected chi connectivity index (χ4v) is 10.8. The van der Waals surface area contributed by atoms with E-state index in [1.54, 1.807) is 7.11 Å². The summed E-state index contributed by atoms with van der Waals surface area (Å²) in [6.45, 7) is 6.74. The molecular weight excluding hydrogens is 498 g/mol. The minimum absolute atomic E-state index is 0.0146. The lowest BCUT2D eigenvalue weighted by Crippen LogP contribution is -2.80. The zero-order valence-electron chi connectivity index (χ0n) is 24.1. The lowest BCUT2D eigenvalue weighted by molar-refractivity contribution is -0.261. The van der Waals surface area contributed by atoms with Crippen molar-refractivity contribution in [2.24, 2.45) is 11.3 Å². The van der Waals surface area contributed by atoms with Crippen LogP contribution in [0, 0.1) is 11.3 Å². The van der Waals surface area contributed by atoms with Crippen LogP contribution in [-0.4, -0.2) is 76.1 Å². The lowest BCUT2D eigenvalue weighted by atomic mass is 9.34. The normalized spacial score (nSPS) is 39.1. The maximum absolute atomic E-state index is 7.24. The first kappa shape index (κ1) is 24.3. The molecule has 3 heterocycles. The van der Waals surface area contributed by atoms with Gasteiger partial charge in [0.25, 0.3) is 0 Å². The second-order valence-corrected chi connectivity index (χ2v) is 13.9. The van der Waals surface area contributed by atoms with Crippen LogP contribution in [-0.2, 0) is 16.6 Å². The molecule has 212 valence electrons. The molecule has 10 rings (SSSR count). The third-order valence-electron chi connectivity index (χ3n) is 12.6. The van der Waals surface area contributed by atoms with E-state index in [0.717, 1.165) is 56.4 Å². The number of hydrogen-bond acceptors (Lipinski definition) is 6. The van der Waals surface area contributed by atoms with E-state index in [9.17, 15) is 0 Å². The predicted octanol–water partition coefficient (Wildman–Crippen LogP) is 4.50. The van der Waals surface area contributed by atoms with E-state index >= 15 is 0 Å². The fourth-order valence-electron chi connectivity index (χ4n) is 10.8. The van der Waals surface area contributed by atoms with Gasteiger partial charge < -0.3 is 24.4 Å². The molecule has 6 heteroatoms. The average Bonchev–Trinajstić information content (AvgIpc) is 3.75. The number of rotatable bonds is 6. The Morgan fingerprint density at radius 1 is 0.975 bits per heavy atom. The zero-order valence-corrected chi connectivity index (χ0v) is 24.1. The molecule has 2 spiro atoms. The van der Waals surface area contributed by atoms with Gasteiger partial charge in [0, 0.05) is 73.9 Å². The minimum atomic E-state index is -0.333. The van der Waals surface area contributed by atoms with Crippen molar-refractivity contribution in [1.29, 1.82) is 0 Å². The first-order chi connectivity index (χ1) is 19.6. The third-order valence-corrected chi connectivity index (χ3v) is 12.6. The molecular formula is C34H43N3O3. The fraction of sp³-hybridized carbons (Fsp3) is 0.647. The van der Waals surface area contributed by atoms with Gasteiger partial charge in [-0.05, 0) is 86.7 Å². The number of methoxy groups -OCH3 is 2. The van der Waals surface area contributed by atoms with Gasteiger partial charge in [0.05, 0.1) is 7.11 Å². The van der Waals surface area contributed by atoms with Gasteiger partial charge in [0.15, 0.2) is 11.5 Å². The molecule has 2 saturated heterocycles. The van der Waals surface area contributed by atoms with Crippen molar-refractivity contribution in [2.75, 3.05) is 58.4 Å². The number of nitrogens with zero attached hydrogens (tertiary/aromatic N) is 2. The van der Waals surface area contributed by atoms with E-state index in [0.29, 0.717) is 12.0 Å². The maximum atomic E-state index is 7.24. The van der Waals surface area contributed by atoms with Gasteiger partial charge >= 0.3 is 0 Å². The minimum Gasteiger partial charge on any atom is -0.493 e. The molecule has 5 aliphatic carbocycles. The second kappa shape index (κ2) is 8.39. The van der Waals surface area contributed by atoms with E-state index in [4.69, 9.17) is 14.2 Å². The number of piperazine rings is 1. The third kappa shape index (κ3) is 2.91. The Labute approximate surface area is 238 Å². The molecule has 2 aromatic rings. The van der Waals surface area contributed by atoms with Crippen molar-refractivity contribution in [2.45, 2.75) is 74.0 Å². The molecule has 8 aliphatic rings. The van der Waals surface area contributed by atoms with Crippen LogP contribution in [0.5, 0.6) is 11.5 Å². The van der Waals surface area contributed by atoms with E-state index in [2.05, 4.69) is 51.5 Å². The summed E-state index contributed by atoms with van der Waals surface area (Å²) >= 11 is 0. The van der Waals surface area contributed by atoms with Crippen molar-refractivity contribution < 1.29 is 14.2 Å². The lowest BCUT2D eigenvalue weighted by Gasteiger charge is -2.74. The number of ether oxygens (including phenoxy) is 3. The topological polar surface area (TPSA) is 46.2 Å². The van der Waals surface area contributed by atoms with Crippen LogP contribution in [0.25, 0.3) is 0 Å². The van der Waals surface area contributed by atoms with Crippen LogP contribution in [0.3, 0.4) is 0 Å². The van der Waals surface area contributed by atoms with Gasteiger partial charge in [0.1, 0.15) is 11.7 Å². The first-order valence-electron chi connectivity index (χ1n) is 15.9. The van der Waals surface area contributed by atoms with Crippen molar-refractivity contribution >= 4 is 5.69 Å². The highest BCUT2D eigenvalue weighted by atomic mass is 16.6. The molecule has 0 aromatic heterocycles. The van der Waals surface area contributed by atoms with Crippen LogP contribution in [0.1, 0.15) is 61.1 Å². The molecule has 1 N–H and O–H groups in total. The van der Waals surface area contributed by atoms with Gasteiger partial charge in [-0.25, -0.2) is 0 Å². The van der Waals surface area contributed by atoms with Crippen molar-refractivity contribution in [1.82, 2.24) is 10.2 Å². The van der Waals surface area contributed by atoms with E-state index in [-0.39, 0.29) is 22.5 Å². The smallest absolute Gasteiger partial charge is 0.165 e. The summed E-state index contributed by atoms with van der Waals surface area (Å²) in [5, 5.41) is 3.48. The Kier molecular flexibility index (Phi) is 5.10. The quantitative estimate of drug-likeness (QED) is 0.581. The Bertz CT molecular complexity index is 1340. The Balaban J connectivity index is 1.19. The maximum Gasteiger partial charge on any atom is 0.165 e. The van der Waals surface area contributed by atoms with Crippen LogP contribution in [0.4, 0.5) is 5.69 Å².